The molecule has 0 atom stereocenters. The Hall–Kier alpha value is -4.83. The molecule has 3 aromatic carbocycles. The molecule has 0 bridgehead atoms. The van der Waals surface area contributed by atoms with Crippen LogP contribution in [0.2, 0.25) is 5.02 Å². The zero-order valence-electron chi connectivity index (χ0n) is 19.5. The normalized spacial score (nSPS) is 11.2. The Labute approximate surface area is 215 Å². The lowest BCUT2D eigenvalue weighted by Gasteiger charge is -2.16. The molecule has 0 radical (unpaired) electrons. The van der Waals surface area contributed by atoms with Crippen LogP contribution in [0.3, 0.4) is 0 Å². The Morgan fingerprint density at radius 3 is 2.32 bits per heavy atom. The summed E-state index contributed by atoms with van der Waals surface area (Å²) in [6.07, 6.45) is -0.671. The number of ketones is 1. The van der Waals surface area contributed by atoms with Gasteiger partial charge in [-0.1, -0.05) is 41.9 Å². The Kier molecular flexibility index (Phi) is 7.40. The zero-order chi connectivity index (χ0) is 26.5. The molecule has 0 aliphatic carbocycles. The first-order valence-corrected chi connectivity index (χ1v) is 11.4. The van der Waals surface area contributed by atoms with Gasteiger partial charge in [-0.25, -0.2) is 5.43 Å². The first-order chi connectivity index (χ1) is 17.8. The highest BCUT2D eigenvalue weighted by atomic mass is 35.5. The number of carbonyl (C=O) groups is 3. The summed E-state index contributed by atoms with van der Waals surface area (Å²) in [6, 6.07) is 20.4. The molecular formula is C26H20ClN5O5. The number of hydrogen-bond acceptors (Lipinski definition) is 6. The number of hydrazone groups is 1. The van der Waals surface area contributed by atoms with Gasteiger partial charge in [0.05, 0.1) is 16.5 Å². The lowest BCUT2D eigenvalue weighted by Crippen LogP contribution is -2.34. The highest BCUT2D eigenvalue weighted by Gasteiger charge is 2.29. The molecule has 0 unspecified atom stereocenters. The molecule has 0 aliphatic rings. The van der Waals surface area contributed by atoms with Crippen molar-refractivity contribution in [1.29, 1.82) is 0 Å². The van der Waals surface area contributed by atoms with Crippen LogP contribution in [0.4, 0.5) is 5.69 Å². The van der Waals surface area contributed by atoms with Crippen LogP contribution in [0.1, 0.15) is 33.0 Å². The van der Waals surface area contributed by atoms with Crippen LogP contribution in [0.5, 0.6) is 0 Å². The molecule has 2 amide bonds. The molecule has 1 aromatic heterocycles. The largest absolute Gasteiger partial charge is 0.805 e. The minimum absolute atomic E-state index is 0.00654. The van der Waals surface area contributed by atoms with Gasteiger partial charge in [-0.15, -0.1) is 0 Å². The standard InChI is InChI=1S/C26H20ClN5O5/c1-16-24(32(37)22-10-6-5-9-21(22)31(16)36)23(33)15-20(26(35)28-19-13-11-18(27)12-14-19)29-30-25(34)17-7-3-2-4-8-17/h2-14H,15H2,1H3,(H,28,35)(H,30,34). The van der Waals surface area contributed by atoms with Gasteiger partial charge in [0.15, 0.2) is 0 Å². The molecule has 1 heterocycles. The monoisotopic (exact) mass is 517 g/mol. The minimum Gasteiger partial charge on any atom is -0.805 e. The summed E-state index contributed by atoms with van der Waals surface area (Å²) < 4.78 is 0.845. The number of rotatable bonds is 7. The van der Waals surface area contributed by atoms with E-state index < -0.39 is 29.7 Å². The molecule has 0 saturated heterocycles. The van der Waals surface area contributed by atoms with E-state index in [9.17, 15) is 24.5 Å². The van der Waals surface area contributed by atoms with Crippen LogP contribution < -0.4 is 15.2 Å². The average Bonchev–Trinajstić information content (AvgIpc) is 2.91. The van der Waals surface area contributed by atoms with Crippen LogP contribution >= 0.6 is 11.6 Å². The number of amides is 2. The zero-order valence-corrected chi connectivity index (χ0v) is 20.2. The highest BCUT2D eigenvalue weighted by Crippen LogP contribution is 2.16. The molecular weight excluding hydrogens is 498 g/mol. The van der Waals surface area contributed by atoms with Crippen LogP contribution in [-0.2, 0) is 4.79 Å². The van der Waals surface area contributed by atoms with E-state index in [1.165, 1.54) is 19.1 Å². The third-order valence-electron chi connectivity index (χ3n) is 5.45. The van der Waals surface area contributed by atoms with Crippen molar-refractivity contribution in [3.05, 3.63) is 111 Å². The number of halogens is 1. The van der Waals surface area contributed by atoms with Gasteiger partial charge in [0.25, 0.3) is 17.3 Å². The maximum absolute atomic E-state index is 13.2. The summed E-state index contributed by atoms with van der Waals surface area (Å²) >= 11 is 5.89. The van der Waals surface area contributed by atoms with Crippen molar-refractivity contribution in [2.45, 2.75) is 13.3 Å². The maximum atomic E-state index is 13.2. The fraction of sp³-hybridized carbons (Fsp3) is 0.0769. The van der Waals surface area contributed by atoms with Crippen LogP contribution in [0.15, 0.2) is 84.0 Å². The molecule has 0 saturated carbocycles. The van der Waals surface area contributed by atoms with Gasteiger partial charge in [-0.2, -0.15) is 5.10 Å². The smallest absolute Gasteiger partial charge is 0.325 e. The van der Waals surface area contributed by atoms with E-state index in [0.29, 0.717) is 19.9 Å². The van der Waals surface area contributed by atoms with E-state index >= 15 is 0 Å². The number of anilines is 1. The van der Waals surface area contributed by atoms with Crippen molar-refractivity contribution >= 4 is 51.6 Å². The Morgan fingerprint density at radius 1 is 0.973 bits per heavy atom. The number of fused-ring (bicyclic) bond motifs is 1. The maximum Gasteiger partial charge on any atom is 0.325 e. The van der Waals surface area contributed by atoms with Gasteiger partial charge < -0.3 is 15.3 Å². The number of hydrogen-bond donors (Lipinski definition) is 2. The molecule has 0 fully saturated rings. The second kappa shape index (κ2) is 10.8. The quantitative estimate of drug-likeness (QED) is 0.166. The summed E-state index contributed by atoms with van der Waals surface area (Å²) in [7, 11) is 0. The Balaban J connectivity index is 1.68. The number of para-hydroxylation sites is 2. The lowest BCUT2D eigenvalue weighted by molar-refractivity contribution is -0.468. The molecule has 11 heteroatoms. The van der Waals surface area contributed by atoms with Crippen molar-refractivity contribution in [3.63, 3.8) is 0 Å². The third kappa shape index (κ3) is 5.54. The Morgan fingerprint density at radius 2 is 1.62 bits per heavy atom. The highest BCUT2D eigenvalue weighted by molar-refractivity contribution is 6.46. The van der Waals surface area contributed by atoms with Gasteiger partial charge in [0.2, 0.25) is 5.78 Å². The van der Waals surface area contributed by atoms with E-state index in [1.807, 2.05) is 0 Å². The fourth-order valence-electron chi connectivity index (χ4n) is 3.58. The number of aromatic nitrogens is 2. The number of Topliss-reactive ketones (excluding diaryl/α,β-unsaturated/α-hetero) is 1. The van der Waals surface area contributed by atoms with E-state index in [1.54, 1.807) is 66.7 Å². The predicted octanol–water partition coefficient (Wildman–Crippen LogP) is 3.86. The topological polar surface area (TPSA) is 139 Å². The molecule has 186 valence electrons. The summed E-state index contributed by atoms with van der Waals surface area (Å²) in [5.41, 5.74) is 2.05. The third-order valence-corrected chi connectivity index (χ3v) is 5.71. The SMILES string of the molecule is Cc1c(C(=O)CC(=NNC(=O)c2ccccc2)C(=O)Nc2ccc(Cl)cc2)[n+](=O)c2ccccc2n1[O-]. The first kappa shape index (κ1) is 25.3. The lowest BCUT2D eigenvalue weighted by atomic mass is 10.1. The van der Waals surface area contributed by atoms with Crippen molar-refractivity contribution in [3.8, 4) is 0 Å². The van der Waals surface area contributed by atoms with Crippen molar-refractivity contribution in [2.75, 3.05) is 5.32 Å². The molecule has 2 N–H and O–H groups in total. The number of nitrogens with zero attached hydrogens (tertiary/aromatic N) is 3. The number of nitrogens with one attached hydrogen (secondary N) is 2. The van der Waals surface area contributed by atoms with Gasteiger partial charge in [0.1, 0.15) is 11.2 Å². The minimum atomic E-state index is -0.832. The first-order valence-electron chi connectivity index (χ1n) is 11.0. The number of carbonyl (C=O) groups excluding carboxylic acids is 3. The predicted molar refractivity (Wildman–Crippen MR) is 139 cm³/mol. The van der Waals surface area contributed by atoms with E-state index in [-0.39, 0.29) is 28.0 Å². The molecule has 0 aliphatic heterocycles. The summed E-state index contributed by atoms with van der Waals surface area (Å²) in [5, 5.41) is 19.6. The molecule has 0 spiro atoms. The van der Waals surface area contributed by atoms with Crippen molar-refractivity contribution in [1.82, 2.24) is 10.2 Å². The van der Waals surface area contributed by atoms with Crippen LogP contribution in [0, 0.1) is 17.0 Å². The summed E-state index contributed by atoms with van der Waals surface area (Å²) in [5.74, 6) is -2.24. The molecule has 4 rings (SSSR count). The van der Waals surface area contributed by atoms with Crippen molar-refractivity contribution in [2.24, 2.45) is 5.10 Å². The number of benzene rings is 3. The van der Waals surface area contributed by atoms with Crippen LogP contribution in [-0.4, -0.2) is 28.0 Å². The van der Waals surface area contributed by atoms with Crippen molar-refractivity contribution < 1.29 is 18.8 Å². The van der Waals surface area contributed by atoms with Gasteiger partial charge in [0, 0.05) is 27.2 Å². The van der Waals surface area contributed by atoms with E-state index in [0.717, 1.165) is 0 Å². The van der Waals surface area contributed by atoms with Crippen LogP contribution in [0.25, 0.3) is 11.0 Å². The van der Waals surface area contributed by atoms with E-state index in [2.05, 4.69) is 15.8 Å². The molecule has 4 aromatic rings. The molecule has 10 nitrogen and oxygen atoms in total. The second-order valence-corrected chi connectivity index (χ2v) is 8.37. The van der Waals surface area contributed by atoms with E-state index in [4.69, 9.17) is 11.6 Å². The van der Waals surface area contributed by atoms with Gasteiger partial charge in [-0.3, -0.25) is 14.4 Å². The summed E-state index contributed by atoms with van der Waals surface area (Å²) in [4.78, 5) is 51.7. The molecule has 37 heavy (non-hydrogen) atoms. The van der Waals surface area contributed by atoms with Gasteiger partial charge >= 0.3 is 5.69 Å². The Bertz CT molecular complexity index is 1600. The fourth-order valence-corrected chi connectivity index (χ4v) is 3.71. The average molecular weight is 518 g/mol. The van der Waals surface area contributed by atoms with Gasteiger partial charge in [-0.05, 0) is 49.4 Å². The second-order valence-electron chi connectivity index (χ2n) is 7.94. The summed E-state index contributed by atoms with van der Waals surface area (Å²) in [6.45, 7) is 1.34.